The molecule has 5 nitrogen and oxygen atoms in total. The highest BCUT2D eigenvalue weighted by Crippen LogP contribution is 2.42. The van der Waals surface area contributed by atoms with Gasteiger partial charge in [-0.15, -0.1) is 0 Å². The fourth-order valence-corrected chi connectivity index (χ4v) is 4.67. The van der Waals surface area contributed by atoms with Crippen LogP contribution in [0.15, 0.2) is 79.1 Å². The number of hydrogen-bond donors (Lipinski definition) is 0. The number of methoxy groups -OCH3 is 2. The number of anilines is 1. The third-order valence-electron chi connectivity index (χ3n) is 6.86. The van der Waals surface area contributed by atoms with Gasteiger partial charge in [-0.05, 0) is 88.3 Å². The summed E-state index contributed by atoms with van der Waals surface area (Å²) in [6.07, 6.45) is -8.05. The van der Waals surface area contributed by atoms with Crippen LogP contribution in [0.2, 0.25) is 0 Å². The molecule has 0 saturated carbocycles. The van der Waals surface area contributed by atoms with E-state index in [0.717, 1.165) is 30.9 Å². The maximum atomic E-state index is 14.3. The fourth-order valence-electron chi connectivity index (χ4n) is 4.67. The predicted octanol–water partition coefficient (Wildman–Crippen LogP) is 9.36. The maximum absolute atomic E-state index is 14.3. The van der Waals surface area contributed by atoms with Crippen LogP contribution in [0.4, 0.5) is 36.8 Å². The summed E-state index contributed by atoms with van der Waals surface area (Å²) in [6.45, 7) is 3.26. The van der Waals surface area contributed by atoms with E-state index in [1.54, 1.807) is 12.1 Å². The molecule has 0 aliphatic carbocycles. The lowest BCUT2D eigenvalue weighted by Crippen LogP contribution is -2.32. The monoisotopic (exact) mass is 602 g/mol. The van der Waals surface area contributed by atoms with Gasteiger partial charge >= 0.3 is 18.4 Å². The third-order valence-corrected chi connectivity index (χ3v) is 6.86. The van der Waals surface area contributed by atoms with Gasteiger partial charge in [0.05, 0.1) is 37.6 Å². The minimum atomic E-state index is -4.90. The molecule has 0 N–H and O–H groups in total. The van der Waals surface area contributed by atoms with E-state index in [1.165, 1.54) is 49.8 Å². The molecular formula is C32H28F6N2O3. The molecule has 3 aromatic carbocycles. The van der Waals surface area contributed by atoms with E-state index in [4.69, 9.17) is 9.47 Å². The molecule has 0 aliphatic rings. The van der Waals surface area contributed by atoms with Crippen LogP contribution in [0.25, 0.3) is 22.3 Å². The summed E-state index contributed by atoms with van der Waals surface area (Å²) in [5, 5.41) is 0. The average molecular weight is 603 g/mol. The Kier molecular flexibility index (Phi) is 9.03. The number of pyridine rings is 1. The third kappa shape index (κ3) is 7.10. The Morgan fingerprint density at radius 2 is 1.51 bits per heavy atom. The minimum absolute atomic E-state index is 0.0649. The number of amides is 1. The molecule has 0 bridgehead atoms. The molecule has 1 aromatic heterocycles. The van der Waals surface area contributed by atoms with E-state index < -0.39 is 41.8 Å². The Balaban J connectivity index is 1.92. The molecule has 4 rings (SSSR count). The number of hydrogen-bond acceptors (Lipinski definition) is 4. The molecule has 0 spiro atoms. The quantitative estimate of drug-likeness (QED) is 0.198. The lowest BCUT2D eigenvalue weighted by Gasteiger charge is -2.26. The van der Waals surface area contributed by atoms with E-state index >= 15 is 0 Å². The highest BCUT2D eigenvalue weighted by molar-refractivity contribution is 5.90. The van der Waals surface area contributed by atoms with Gasteiger partial charge in [0.2, 0.25) is 0 Å². The van der Waals surface area contributed by atoms with Gasteiger partial charge in [0.1, 0.15) is 5.75 Å². The Bertz CT molecular complexity index is 1600. The zero-order valence-corrected chi connectivity index (χ0v) is 23.7. The summed E-state index contributed by atoms with van der Waals surface area (Å²) < 4.78 is 94.9. The summed E-state index contributed by atoms with van der Waals surface area (Å²) in [5.74, 6) is 0.486. The van der Waals surface area contributed by atoms with E-state index in [0.29, 0.717) is 27.3 Å². The number of nitrogens with zero attached hydrogens (tertiary/aromatic N) is 2. The lowest BCUT2D eigenvalue weighted by molar-refractivity contribution is -0.138. The summed E-state index contributed by atoms with van der Waals surface area (Å²) in [6, 6.07) is 14.7. The van der Waals surface area contributed by atoms with Gasteiger partial charge in [-0.3, -0.25) is 9.88 Å². The predicted molar refractivity (Wildman–Crippen MR) is 151 cm³/mol. The summed E-state index contributed by atoms with van der Waals surface area (Å²) in [7, 11) is 2.41. The first-order valence-electron chi connectivity index (χ1n) is 13.1. The highest BCUT2D eigenvalue weighted by atomic mass is 19.4. The second-order valence-corrected chi connectivity index (χ2v) is 10.1. The van der Waals surface area contributed by atoms with Crippen molar-refractivity contribution < 1.29 is 40.6 Å². The number of carbonyl (C=O) groups is 1. The number of carbonyl (C=O) groups excluding carboxylic acids is 1. The standard InChI is InChI=1S/C32H28F6N2O3/c1-19(2)22-6-8-29(42-3)26(16-22)23-5-7-27(32(36,37)38)28(17-23)40(30(41)43-4)18-20-13-24(21-9-11-39-12-10-21)15-25(14-20)31(33,34)35/h5-17,19H,18H2,1-4H3. The van der Waals surface area contributed by atoms with Crippen molar-refractivity contribution in [1.82, 2.24) is 4.98 Å². The lowest BCUT2D eigenvalue weighted by atomic mass is 9.95. The number of alkyl halides is 6. The second-order valence-electron chi connectivity index (χ2n) is 10.1. The molecule has 0 saturated heterocycles. The van der Waals surface area contributed by atoms with Gasteiger partial charge in [0.15, 0.2) is 0 Å². The van der Waals surface area contributed by atoms with E-state index in [9.17, 15) is 31.1 Å². The molecule has 226 valence electrons. The van der Waals surface area contributed by atoms with Crippen molar-refractivity contribution in [2.75, 3.05) is 19.1 Å². The van der Waals surface area contributed by atoms with Crippen LogP contribution >= 0.6 is 0 Å². The second kappa shape index (κ2) is 12.4. The van der Waals surface area contributed by atoms with Gasteiger partial charge in [0, 0.05) is 18.0 Å². The van der Waals surface area contributed by atoms with Crippen molar-refractivity contribution in [2.45, 2.75) is 38.7 Å². The van der Waals surface area contributed by atoms with Crippen molar-refractivity contribution >= 4 is 11.8 Å². The zero-order valence-electron chi connectivity index (χ0n) is 23.7. The first-order chi connectivity index (χ1) is 20.2. The normalized spacial score (nSPS) is 11.9. The smallest absolute Gasteiger partial charge is 0.418 e. The molecule has 11 heteroatoms. The summed E-state index contributed by atoms with van der Waals surface area (Å²) in [5.41, 5.74) is -0.607. The molecular weight excluding hydrogens is 574 g/mol. The van der Waals surface area contributed by atoms with Crippen LogP contribution in [0.1, 0.15) is 42.0 Å². The number of ether oxygens (including phenoxy) is 2. The number of rotatable bonds is 7. The molecule has 0 atom stereocenters. The molecule has 0 aliphatic heterocycles. The van der Waals surface area contributed by atoms with Crippen LogP contribution in [-0.2, 0) is 23.6 Å². The van der Waals surface area contributed by atoms with Crippen LogP contribution in [0, 0.1) is 0 Å². The average Bonchev–Trinajstić information content (AvgIpc) is 2.98. The van der Waals surface area contributed by atoms with E-state index in [2.05, 4.69) is 4.98 Å². The van der Waals surface area contributed by atoms with Crippen LogP contribution in [0.5, 0.6) is 5.75 Å². The van der Waals surface area contributed by atoms with Gasteiger partial charge < -0.3 is 9.47 Å². The van der Waals surface area contributed by atoms with Gasteiger partial charge in [-0.25, -0.2) is 4.79 Å². The number of halogens is 6. The molecule has 1 heterocycles. The molecule has 1 amide bonds. The van der Waals surface area contributed by atoms with Crippen molar-refractivity contribution in [3.05, 3.63) is 101 Å². The zero-order chi connectivity index (χ0) is 31.5. The maximum Gasteiger partial charge on any atom is 0.418 e. The first-order valence-corrected chi connectivity index (χ1v) is 13.1. The number of benzene rings is 3. The molecule has 0 radical (unpaired) electrons. The summed E-state index contributed by atoms with van der Waals surface area (Å²) >= 11 is 0. The van der Waals surface area contributed by atoms with Crippen LogP contribution < -0.4 is 9.64 Å². The summed E-state index contributed by atoms with van der Waals surface area (Å²) in [4.78, 5) is 17.6. The van der Waals surface area contributed by atoms with Crippen molar-refractivity contribution in [1.29, 1.82) is 0 Å². The van der Waals surface area contributed by atoms with Gasteiger partial charge in [0.25, 0.3) is 0 Å². The Morgan fingerprint density at radius 1 is 0.814 bits per heavy atom. The van der Waals surface area contributed by atoms with Crippen molar-refractivity contribution in [2.24, 2.45) is 0 Å². The van der Waals surface area contributed by atoms with E-state index in [1.807, 2.05) is 19.9 Å². The van der Waals surface area contributed by atoms with Crippen molar-refractivity contribution in [3.8, 4) is 28.0 Å². The van der Waals surface area contributed by atoms with Gasteiger partial charge in [-0.2, -0.15) is 26.3 Å². The van der Waals surface area contributed by atoms with Crippen LogP contribution in [0.3, 0.4) is 0 Å². The molecule has 0 unspecified atom stereocenters. The Hall–Kier alpha value is -4.54. The molecule has 43 heavy (non-hydrogen) atoms. The fraction of sp³-hybridized carbons (Fsp3) is 0.250. The topological polar surface area (TPSA) is 51.7 Å². The Morgan fingerprint density at radius 3 is 2.09 bits per heavy atom. The number of aromatic nitrogens is 1. The molecule has 0 fully saturated rings. The minimum Gasteiger partial charge on any atom is -0.496 e. The van der Waals surface area contributed by atoms with Crippen molar-refractivity contribution in [3.63, 3.8) is 0 Å². The Labute approximate surface area is 244 Å². The van der Waals surface area contributed by atoms with E-state index in [-0.39, 0.29) is 17.0 Å². The first kappa shape index (κ1) is 31.4. The highest BCUT2D eigenvalue weighted by Gasteiger charge is 2.37. The molecule has 4 aromatic rings. The SMILES string of the molecule is COC(=O)N(Cc1cc(-c2ccncc2)cc(C(F)(F)F)c1)c1cc(-c2cc(C(C)C)ccc2OC)ccc1C(F)(F)F. The van der Waals surface area contributed by atoms with Crippen LogP contribution in [-0.4, -0.2) is 25.3 Å². The van der Waals surface area contributed by atoms with Gasteiger partial charge in [-0.1, -0.05) is 26.0 Å². The largest absolute Gasteiger partial charge is 0.496 e.